The number of hydrogen-bond acceptors (Lipinski definition) is 6. The van der Waals surface area contributed by atoms with Crippen molar-refractivity contribution in [1.29, 1.82) is 0 Å². The number of thiocarbonyl (C=S) groups is 1. The molecule has 33 heavy (non-hydrogen) atoms. The Kier molecular flexibility index (Phi) is 6.64. The molecule has 0 aliphatic carbocycles. The second kappa shape index (κ2) is 9.46. The van der Waals surface area contributed by atoms with Crippen LogP contribution in [-0.4, -0.2) is 53.7 Å². The largest absolute Gasteiger partial charge is 0.383 e. The van der Waals surface area contributed by atoms with Gasteiger partial charge in [0.2, 0.25) is 5.91 Å². The molecule has 0 atom stereocenters. The van der Waals surface area contributed by atoms with Crippen LogP contribution in [-0.2, 0) is 19.1 Å². The fourth-order valence-electron chi connectivity index (χ4n) is 3.92. The minimum Gasteiger partial charge on any atom is -0.383 e. The summed E-state index contributed by atoms with van der Waals surface area (Å²) in [6, 6.07) is 12.9. The van der Waals surface area contributed by atoms with Crippen molar-refractivity contribution in [1.82, 2.24) is 4.90 Å². The number of nitrogens with zero attached hydrogens (tertiary/aromatic N) is 2. The number of fused-ring (bicyclic) bond motifs is 1. The highest BCUT2D eigenvalue weighted by molar-refractivity contribution is 8.26. The summed E-state index contributed by atoms with van der Waals surface area (Å²) in [7, 11) is 1.55. The molecule has 2 aliphatic rings. The van der Waals surface area contributed by atoms with Gasteiger partial charge >= 0.3 is 0 Å². The van der Waals surface area contributed by atoms with E-state index in [1.807, 2.05) is 32.0 Å². The number of amides is 3. The van der Waals surface area contributed by atoms with E-state index in [1.54, 1.807) is 31.4 Å². The summed E-state index contributed by atoms with van der Waals surface area (Å²) >= 11 is 6.47. The average Bonchev–Trinajstić information content (AvgIpc) is 3.22. The summed E-state index contributed by atoms with van der Waals surface area (Å²) in [5, 5.41) is 2.92. The molecule has 2 aromatic rings. The van der Waals surface area contributed by atoms with E-state index in [0.29, 0.717) is 28.7 Å². The van der Waals surface area contributed by atoms with Crippen LogP contribution in [0.25, 0.3) is 5.57 Å². The van der Waals surface area contributed by atoms with Gasteiger partial charge in [-0.05, 0) is 31.0 Å². The van der Waals surface area contributed by atoms with Crippen molar-refractivity contribution in [3.05, 3.63) is 64.1 Å². The topological polar surface area (TPSA) is 79.0 Å². The van der Waals surface area contributed by atoms with Crippen LogP contribution in [0, 0.1) is 13.8 Å². The highest BCUT2D eigenvalue weighted by Gasteiger charge is 2.42. The zero-order chi connectivity index (χ0) is 23.7. The second-order valence-corrected chi connectivity index (χ2v) is 9.39. The number of aryl methyl sites for hydroxylation is 2. The van der Waals surface area contributed by atoms with Gasteiger partial charge in [-0.3, -0.25) is 24.2 Å². The fourth-order valence-corrected chi connectivity index (χ4v) is 5.30. The molecule has 1 N–H and O–H groups in total. The van der Waals surface area contributed by atoms with Crippen molar-refractivity contribution >= 4 is 63.0 Å². The highest BCUT2D eigenvalue weighted by atomic mass is 32.2. The molecule has 0 radical (unpaired) electrons. The summed E-state index contributed by atoms with van der Waals surface area (Å²) in [4.78, 5) is 42.6. The number of thioether (sulfide) groups is 1. The molecule has 0 saturated carbocycles. The maximum atomic E-state index is 13.5. The van der Waals surface area contributed by atoms with Crippen LogP contribution in [0.4, 0.5) is 11.4 Å². The molecule has 0 aromatic heterocycles. The molecule has 4 rings (SSSR count). The molecule has 0 bridgehead atoms. The molecular weight excluding hydrogens is 458 g/mol. The van der Waals surface area contributed by atoms with Crippen LogP contribution in [0.15, 0.2) is 47.4 Å². The van der Waals surface area contributed by atoms with Crippen molar-refractivity contribution in [2.24, 2.45) is 0 Å². The Labute approximate surface area is 201 Å². The Morgan fingerprint density at radius 1 is 1.03 bits per heavy atom. The Hall–Kier alpha value is -3.01. The number of hydrogen-bond donors (Lipinski definition) is 1. The third kappa shape index (κ3) is 4.31. The maximum absolute atomic E-state index is 13.5. The lowest BCUT2D eigenvalue weighted by Crippen LogP contribution is -2.36. The second-order valence-electron chi connectivity index (χ2n) is 7.75. The van der Waals surface area contributed by atoms with Gasteiger partial charge in [0, 0.05) is 18.4 Å². The molecule has 1 saturated heterocycles. The highest BCUT2D eigenvalue weighted by Crippen LogP contribution is 2.44. The van der Waals surface area contributed by atoms with E-state index >= 15 is 0 Å². The Morgan fingerprint density at radius 3 is 2.42 bits per heavy atom. The number of carbonyl (C=O) groups is 3. The first kappa shape index (κ1) is 23.2. The molecular formula is C24H23N3O4S2. The van der Waals surface area contributed by atoms with Crippen molar-refractivity contribution in [2.75, 3.05) is 37.0 Å². The molecule has 2 heterocycles. The molecule has 2 aliphatic heterocycles. The predicted octanol–water partition coefficient (Wildman–Crippen LogP) is 3.51. The van der Waals surface area contributed by atoms with E-state index < -0.39 is 0 Å². The van der Waals surface area contributed by atoms with E-state index in [1.165, 1.54) is 9.80 Å². The van der Waals surface area contributed by atoms with E-state index in [0.717, 1.165) is 28.6 Å². The third-order valence-corrected chi connectivity index (χ3v) is 7.01. The number of ether oxygens (including phenoxy) is 1. The van der Waals surface area contributed by atoms with Crippen LogP contribution >= 0.6 is 24.0 Å². The zero-order valence-electron chi connectivity index (χ0n) is 18.5. The van der Waals surface area contributed by atoms with Gasteiger partial charge in [-0.25, -0.2) is 0 Å². The lowest BCUT2D eigenvalue weighted by molar-refractivity contribution is -0.122. The maximum Gasteiger partial charge on any atom is 0.267 e. The van der Waals surface area contributed by atoms with Crippen molar-refractivity contribution in [3.8, 4) is 0 Å². The van der Waals surface area contributed by atoms with Gasteiger partial charge in [0.1, 0.15) is 10.9 Å². The molecule has 170 valence electrons. The lowest BCUT2D eigenvalue weighted by Gasteiger charge is -2.18. The fraction of sp³-hybridized carbons (Fsp3) is 0.250. The summed E-state index contributed by atoms with van der Waals surface area (Å²) in [5.74, 6) is -1.02. The lowest BCUT2D eigenvalue weighted by atomic mass is 10.1. The summed E-state index contributed by atoms with van der Waals surface area (Å²) in [6.45, 7) is 4.32. The quantitative estimate of drug-likeness (QED) is 0.503. The Morgan fingerprint density at radius 2 is 1.73 bits per heavy atom. The number of anilines is 2. The van der Waals surface area contributed by atoms with Gasteiger partial charge in [-0.1, -0.05) is 60.4 Å². The number of rotatable bonds is 6. The summed E-state index contributed by atoms with van der Waals surface area (Å²) in [5.41, 5.74) is 4.11. The number of carbonyl (C=O) groups excluding carboxylic acids is 3. The van der Waals surface area contributed by atoms with Gasteiger partial charge in [-0.15, -0.1) is 0 Å². The number of benzene rings is 2. The van der Waals surface area contributed by atoms with E-state index in [2.05, 4.69) is 5.32 Å². The molecule has 0 spiro atoms. The first-order valence-corrected chi connectivity index (χ1v) is 11.6. The van der Waals surface area contributed by atoms with Gasteiger partial charge in [-0.2, -0.15) is 0 Å². The minimum absolute atomic E-state index is 0.170. The van der Waals surface area contributed by atoms with Crippen molar-refractivity contribution in [3.63, 3.8) is 0 Å². The minimum atomic E-state index is -0.389. The monoisotopic (exact) mass is 481 g/mol. The molecule has 3 amide bonds. The van der Waals surface area contributed by atoms with Crippen molar-refractivity contribution < 1.29 is 19.1 Å². The Balaban J connectivity index is 1.64. The van der Waals surface area contributed by atoms with Gasteiger partial charge in [0.15, 0.2) is 0 Å². The number of methoxy groups -OCH3 is 1. The normalized spacial score (nSPS) is 17.7. The first-order chi connectivity index (χ1) is 15.8. The molecule has 1 fully saturated rings. The van der Waals surface area contributed by atoms with Gasteiger partial charge < -0.3 is 10.1 Å². The van der Waals surface area contributed by atoms with Crippen LogP contribution < -0.4 is 10.2 Å². The molecule has 0 unspecified atom stereocenters. The number of nitrogens with one attached hydrogen (secondary N) is 1. The third-order valence-electron chi connectivity index (χ3n) is 5.57. The van der Waals surface area contributed by atoms with E-state index in [-0.39, 0.29) is 34.7 Å². The van der Waals surface area contributed by atoms with Crippen LogP contribution in [0.1, 0.15) is 16.7 Å². The average molecular weight is 482 g/mol. The SMILES string of the molecule is COCCN1C(=O)C(=C2C(=O)N(CC(=O)Nc3c(C)cccc3C)c3ccccc32)SC1=S. The van der Waals surface area contributed by atoms with Crippen LogP contribution in [0.5, 0.6) is 0 Å². The summed E-state index contributed by atoms with van der Waals surface area (Å²) in [6.07, 6.45) is 0. The molecule has 2 aromatic carbocycles. The molecule has 7 nitrogen and oxygen atoms in total. The standard InChI is InChI=1S/C24H23N3O4S2/c1-14-7-6-8-15(2)20(14)25-18(28)13-27-17-10-5-4-9-16(17)19(22(27)29)21-23(30)26(11-12-31-3)24(32)33-21/h4-10H,11-13H2,1-3H3,(H,25,28). The van der Waals surface area contributed by atoms with E-state index in [9.17, 15) is 14.4 Å². The predicted molar refractivity (Wildman–Crippen MR) is 134 cm³/mol. The van der Waals surface area contributed by atoms with E-state index in [4.69, 9.17) is 17.0 Å². The van der Waals surface area contributed by atoms with Crippen LogP contribution in [0.2, 0.25) is 0 Å². The first-order valence-electron chi connectivity index (χ1n) is 10.4. The zero-order valence-corrected chi connectivity index (χ0v) is 20.1. The van der Waals surface area contributed by atoms with Gasteiger partial charge in [0.25, 0.3) is 11.8 Å². The summed E-state index contributed by atoms with van der Waals surface area (Å²) < 4.78 is 5.45. The smallest absolute Gasteiger partial charge is 0.267 e. The molecule has 9 heteroatoms. The van der Waals surface area contributed by atoms with Gasteiger partial charge in [0.05, 0.1) is 29.3 Å². The number of para-hydroxylation sites is 2. The Bertz CT molecular complexity index is 1190. The van der Waals surface area contributed by atoms with Crippen LogP contribution in [0.3, 0.4) is 0 Å². The van der Waals surface area contributed by atoms with Crippen molar-refractivity contribution in [2.45, 2.75) is 13.8 Å².